The predicted octanol–water partition coefficient (Wildman–Crippen LogP) is 0.455. The van der Waals surface area contributed by atoms with Gasteiger partial charge in [0.2, 0.25) is 0 Å². The number of esters is 2. The van der Waals surface area contributed by atoms with Crippen LogP contribution >= 0.6 is 0 Å². The van der Waals surface area contributed by atoms with Gasteiger partial charge in [-0.1, -0.05) is 6.92 Å². The average Bonchev–Trinajstić information content (AvgIpc) is 2.45. The van der Waals surface area contributed by atoms with Gasteiger partial charge in [-0.05, 0) is 6.42 Å². The monoisotopic (exact) mass is 292 g/mol. The highest BCUT2D eigenvalue weighted by Crippen LogP contribution is 2.18. The Morgan fingerprint density at radius 1 is 1.00 bits per heavy atom. The molecular weight excluding hydrogens is 272 g/mol. The number of methoxy groups -OCH3 is 1. The molecule has 0 saturated heterocycles. The molecule has 19 heavy (non-hydrogen) atoms. The van der Waals surface area contributed by atoms with Crippen LogP contribution in [0.1, 0.15) is 13.3 Å². The quantitative estimate of drug-likeness (QED) is 0.365. The molecule has 8 heteroatoms. The first-order valence-corrected chi connectivity index (χ1v) is 7.41. The molecule has 0 amide bonds. The number of hydrogen-bond donors (Lipinski definition) is 0. The number of carbonyl (C=O) groups is 2. The first kappa shape index (κ1) is 17.8. The molecule has 7 nitrogen and oxygen atoms in total. The van der Waals surface area contributed by atoms with Crippen molar-refractivity contribution in [1.82, 2.24) is 0 Å². The molecule has 0 bridgehead atoms. The molecule has 1 unspecified atom stereocenters. The molecule has 0 aromatic heterocycles. The molecule has 0 fully saturated rings. The zero-order chi connectivity index (χ0) is 14.9. The maximum absolute atomic E-state index is 11.6. The van der Waals surface area contributed by atoms with Crippen LogP contribution in [0, 0.1) is 0 Å². The maximum atomic E-state index is 11.6. The molecule has 0 rings (SSSR count). The van der Waals surface area contributed by atoms with Gasteiger partial charge in [0, 0.05) is 33.5 Å². The standard InChI is InChI=1S/C11H20O7Si/c1-6-11(19(15-3,16-4)17-5)18-10(13)8-7-9(12)14-2/h7-8,11H,6H2,1-5H3/b8-7-. The second kappa shape index (κ2) is 8.81. The summed E-state index contributed by atoms with van der Waals surface area (Å²) in [7, 11) is 2.44. The summed E-state index contributed by atoms with van der Waals surface area (Å²) in [6, 6.07) is 0. The van der Waals surface area contributed by atoms with Gasteiger partial charge in [-0.15, -0.1) is 0 Å². The highest BCUT2D eigenvalue weighted by molar-refractivity contribution is 6.62. The molecule has 110 valence electrons. The normalized spacial score (nSPS) is 13.3. The van der Waals surface area contributed by atoms with Crippen molar-refractivity contribution in [3.63, 3.8) is 0 Å². The Labute approximate surface area is 113 Å². The second-order valence-electron chi connectivity index (χ2n) is 3.41. The van der Waals surface area contributed by atoms with E-state index in [2.05, 4.69) is 4.74 Å². The summed E-state index contributed by atoms with van der Waals surface area (Å²) >= 11 is 0. The lowest BCUT2D eigenvalue weighted by Gasteiger charge is -2.30. The number of rotatable bonds is 8. The first-order valence-electron chi connectivity index (χ1n) is 5.61. The van der Waals surface area contributed by atoms with Gasteiger partial charge in [-0.3, -0.25) is 0 Å². The highest BCUT2D eigenvalue weighted by atomic mass is 28.4. The molecular formula is C11H20O7Si. The van der Waals surface area contributed by atoms with Crippen LogP contribution in [-0.2, 0) is 32.3 Å². The molecule has 0 aromatic rings. The molecule has 0 aliphatic rings. The summed E-state index contributed by atoms with van der Waals surface area (Å²) in [5.41, 5.74) is -0.651. The van der Waals surface area contributed by atoms with Crippen LogP contribution in [0.15, 0.2) is 12.2 Å². The molecule has 0 N–H and O–H groups in total. The minimum atomic E-state index is -3.07. The van der Waals surface area contributed by atoms with Crippen molar-refractivity contribution in [2.24, 2.45) is 0 Å². The lowest BCUT2D eigenvalue weighted by Crippen LogP contribution is -2.55. The van der Waals surface area contributed by atoms with E-state index in [0.717, 1.165) is 12.2 Å². The number of hydrogen-bond acceptors (Lipinski definition) is 7. The third kappa shape index (κ3) is 5.11. The summed E-state index contributed by atoms with van der Waals surface area (Å²) in [5, 5.41) is 0. The van der Waals surface area contributed by atoms with E-state index in [1.807, 2.05) is 0 Å². The molecule has 0 aliphatic carbocycles. The van der Waals surface area contributed by atoms with E-state index in [1.54, 1.807) is 6.92 Å². The van der Waals surface area contributed by atoms with Gasteiger partial charge in [0.05, 0.1) is 7.11 Å². The molecule has 0 spiro atoms. The Balaban J connectivity index is 4.76. The summed E-state index contributed by atoms with van der Waals surface area (Å²) in [4.78, 5) is 22.4. The van der Waals surface area contributed by atoms with E-state index in [1.165, 1.54) is 28.4 Å². The van der Waals surface area contributed by atoms with Crippen molar-refractivity contribution >= 4 is 20.7 Å². The predicted molar refractivity (Wildman–Crippen MR) is 68.1 cm³/mol. The Morgan fingerprint density at radius 2 is 1.47 bits per heavy atom. The van der Waals surface area contributed by atoms with Crippen molar-refractivity contribution in [3.8, 4) is 0 Å². The number of ether oxygens (including phenoxy) is 2. The van der Waals surface area contributed by atoms with Crippen LogP contribution in [0.4, 0.5) is 0 Å². The molecule has 0 aliphatic heterocycles. The molecule has 0 heterocycles. The third-order valence-corrected chi connectivity index (χ3v) is 5.46. The van der Waals surface area contributed by atoms with E-state index in [0.29, 0.717) is 6.42 Å². The van der Waals surface area contributed by atoms with Gasteiger partial charge in [0.15, 0.2) is 5.73 Å². The van der Waals surface area contributed by atoms with Crippen LogP contribution in [0.5, 0.6) is 0 Å². The zero-order valence-electron chi connectivity index (χ0n) is 11.8. The minimum Gasteiger partial charge on any atom is -0.466 e. The lowest BCUT2D eigenvalue weighted by atomic mass is 10.5. The number of carbonyl (C=O) groups excluding carboxylic acids is 2. The molecule has 0 saturated carbocycles. The fourth-order valence-electron chi connectivity index (χ4n) is 1.43. The second-order valence-corrected chi connectivity index (χ2v) is 6.48. The van der Waals surface area contributed by atoms with Crippen molar-refractivity contribution < 1.29 is 32.3 Å². The van der Waals surface area contributed by atoms with Gasteiger partial charge in [-0.2, -0.15) is 0 Å². The largest absolute Gasteiger partial charge is 0.543 e. The van der Waals surface area contributed by atoms with Crippen molar-refractivity contribution in [1.29, 1.82) is 0 Å². The van der Waals surface area contributed by atoms with Gasteiger partial charge < -0.3 is 22.8 Å². The van der Waals surface area contributed by atoms with Crippen molar-refractivity contribution in [2.45, 2.75) is 19.1 Å². The molecule has 0 radical (unpaired) electrons. The fraction of sp³-hybridized carbons (Fsp3) is 0.636. The Bertz CT molecular complexity index is 317. The van der Waals surface area contributed by atoms with Crippen LogP contribution in [0.2, 0.25) is 0 Å². The summed E-state index contributed by atoms with van der Waals surface area (Å²) in [6.07, 6.45) is 2.42. The maximum Gasteiger partial charge on any atom is 0.543 e. The fourth-order valence-corrected chi connectivity index (χ4v) is 3.48. The molecule has 1 atom stereocenters. The smallest absolute Gasteiger partial charge is 0.466 e. The van der Waals surface area contributed by atoms with E-state index in [4.69, 9.17) is 18.0 Å². The van der Waals surface area contributed by atoms with Crippen LogP contribution in [0.25, 0.3) is 0 Å². The van der Waals surface area contributed by atoms with E-state index in [9.17, 15) is 9.59 Å². The SMILES string of the molecule is CCC(OC(=O)/C=C\C(=O)OC)[Si](OC)(OC)OC. The minimum absolute atomic E-state index is 0.458. The van der Waals surface area contributed by atoms with Crippen LogP contribution < -0.4 is 0 Å². The first-order chi connectivity index (χ1) is 8.99. The van der Waals surface area contributed by atoms with Gasteiger partial charge in [0.25, 0.3) is 0 Å². The van der Waals surface area contributed by atoms with Crippen molar-refractivity contribution in [2.75, 3.05) is 28.4 Å². The lowest BCUT2D eigenvalue weighted by molar-refractivity contribution is -0.143. The topological polar surface area (TPSA) is 80.3 Å². The van der Waals surface area contributed by atoms with Gasteiger partial charge in [-0.25, -0.2) is 9.59 Å². The van der Waals surface area contributed by atoms with Gasteiger partial charge >= 0.3 is 20.7 Å². The van der Waals surface area contributed by atoms with Gasteiger partial charge in [0.1, 0.15) is 0 Å². The summed E-state index contributed by atoms with van der Waals surface area (Å²) in [6.45, 7) is 1.81. The van der Waals surface area contributed by atoms with E-state index in [-0.39, 0.29) is 0 Å². The highest BCUT2D eigenvalue weighted by Gasteiger charge is 2.49. The van der Waals surface area contributed by atoms with Crippen molar-refractivity contribution in [3.05, 3.63) is 12.2 Å². The Hall–Kier alpha value is -1.22. The summed E-state index contributed by atoms with van der Waals surface area (Å²) in [5.74, 6) is -1.33. The average molecular weight is 292 g/mol. The van der Waals surface area contributed by atoms with E-state index >= 15 is 0 Å². The zero-order valence-corrected chi connectivity index (χ0v) is 12.8. The van der Waals surface area contributed by atoms with E-state index < -0.39 is 26.5 Å². The van der Waals surface area contributed by atoms with Crippen LogP contribution in [0.3, 0.4) is 0 Å². The molecule has 0 aromatic carbocycles. The Kier molecular flexibility index (Phi) is 8.24. The Morgan fingerprint density at radius 3 is 1.84 bits per heavy atom. The third-order valence-electron chi connectivity index (χ3n) is 2.43. The van der Waals surface area contributed by atoms with Crippen LogP contribution in [-0.4, -0.2) is 54.9 Å². The summed E-state index contributed by atoms with van der Waals surface area (Å²) < 4.78 is 25.3.